The molecule has 142 valence electrons. The number of hydrogen-bond donors (Lipinski definition) is 2. The summed E-state index contributed by atoms with van der Waals surface area (Å²) >= 11 is 0. The SMILES string of the molecule is COc1ccc(C)cc1NC(=O)C(=O)N/N=C\c1cccc(OC)c1OC. The number of carbonyl (C=O) groups is 2. The van der Waals surface area contributed by atoms with Gasteiger partial charge in [-0.3, -0.25) is 9.59 Å². The molecule has 8 heteroatoms. The van der Waals surface area contributed by atoms with E-state index in [1.54, 1.807) is 30.3 Å². The molecule has 0 bridgehead atoms. The number of benzene rings is 2. The molecular formula is C19H21N3O5. The number of hydrogen-bond acceptors (Lipinski definition) is 6. The lowest BCUT2D eigenvalue weighted by atomic mass is 10.2. The van der Waals surface area contributed by atoms with E-state index in [9.17, 15) is 9.59 Å². The van der Waals surface area contributed by atoms with Gasteiger partial charge in [-0.2, -0.15) is 5.10 Å². The Morgan fingerprint density at radius 1 is 0.963 bits per heavy atom. The summed E-state index contributed by atoms with van der Waals surface area (Å²) in [6, 6.07) is 10.5. The first-order chi connectivity index (χ1) is 13.0. The van der Waals surface area contributed by atoms with Crippen LogP contribution in [0, 0.1) is 6.92 Å². The van der Waals surface area contributed by atoms with E-state index in [0.717, 1.165) is 5.56 Å². The van der Waals surface area contributed by atoms with Gasteiger partial charge in [0.2, 0.25) is 0 Å². The first-order valence-corrected chi connectivity index (χ1v) is 8.00. The number of nitrogens with zero attached hydrogens (tertiary/aromatic N) is 1. The molecule has 27 heavy (non-hydrogen) atoms. The number of nitrogens with one attached hydrogen (secondary N) is 2. The Hall–Kier alpha value is -3.55. The number of ether oxygens (including phenoxy) is 3. The van der Waals surface area contributed by atoms with E-state index in [2.05, 4.69) is 15.8 Å². The zero-order valence-corrected chi connectivity index (χ0v) is 15.5. The van der Waals surface area contributed by atoms with Crippen LogP contribution in [0.4, 0.5) is 5.69 Å². The van der Waals surface area contributed by atoms with E-state index in [0.29, 0.717) is 28.5 Å². The van der Waals surface area contributed by atoms with Crippen LogP contribution in [0.25, 0.3) is 0 Å². The summed E-state index contributed by atoms with van der Waals surface area (Å²) in [5.41, 5.74) is 4.07. The van der Waals surface area contributed by atoms with Gasteiger partial charge in [0, 0.05) is 5.56 Å². The molecule has 8 nitrogen and oxygen atoms in total. The summed E-state index contributed by atoms with van der Waals surface area (Å²) in [4.78, 5) is 24.0. The molecule has 0 aliphatic carbocycles. The van der Waals surface area contributed by atoms with Gasteiger partial charge < -0.3 is 19.5 Å². The molecule has 0 unspecified atom stereocenters. The fourth-order valence-electron chi connectivity index (χ4n) is 2.32. The maximum absolute atomic E-state index is 12.1. The average Bonchev–Trinajstić information content (AvgIpc) is 2.67. The molecule has 0 aromatic heterocycles. The van der Waals surface area contributed by atoms with Gasteiger partial charge in [0.15, 0.2) is 11.5 Å². The molecule has 0 radical (unpaired) electrons. The van der Waals surface area contributed by atoms with E-state index < -0.39 is 11.8 Å². The minimum absolute atomic E-state index is 0.399. The summed E-state index contributed by atoms with van der Waals surface area (Å²) in [5, 5.41) is 6.29. The number of methoxy groups -OCH3 is 3. The Bertz CT molecular complexity index is 864. The fraction of sp³-hybridized carbons (Fsp3) is 0.211. The Morgan fingerprint density at radius 2 is 1.70 bits per heavy atom. The van der Waals surface area contributed by atoms with Crippen molar-refractivity contribution in [2.45, 2.75) is 6.92 Å². The molecule has 2 aromatic rings. The van der Waals surface area contributed by atoms with Gasteiger partial charge in [0.1, 0.15) is 5.75 Å². The van der Waals surface area contributed by atoms with Crippen molar-refractivity contribution in [1.29, 1.82) is 0 Å². The summed E-state index contributed by atoms with van der Waals surface area (Å²) in [6.07, 6.45) is 1.36. The van der Waals surface area contributed by atoms with Gasteiger partial charge in [-0.05, 0) is 36.8 Å². The van der Waals surface area contributed by atoms with Gasteiger partial charge in [0.05, 0.1) is 33.2 Å². The molecule has 0 saturated carbocycles. The monoisotopic (exact) mass is 371 g/mol. The van der Waals surface area contributed by atoms with Crippen molar-refractivity contribution in [3.05, 3.63) is 47.5 Å². The summed E-state index contributed by atoms with van der Waals surface area (Å²) in [7, 11) is 4.49. The third-order valence-electron chi connectivity index (χ3n) is 3.61. The number of aryl methyl sites for hydroxylation is 1. The molecule has 0 spiro atoms. The van der Waals surface area contributed by atoms with Crippen molar-refractivity contribution >= 4 is 23.7 Å². The lowest BCUT2D eigenvalue weighted by molar-refractivity contribution is -0.136. The van der Waals surface area contributed by atoms with Crippen LogP contribution in [0.15, 0.2) is 41.5 Å². The molecule has 2 amide bonds. The highest BCUT2D eigenvalue weighted by atomic mass is 16.5. The molecule has 0 fully saturated rings. The molecule has 2 aromatic carbocycles. The van der Waals surface area contributed by atoms with Crippen molar-refractivity contribution in [1.82, 2.24) is 5.43 Å². The highest BCUT2D eigenvalue weighted by Crippen LogP contribution is 2.29. The van der Waals surface area contributed by atoms with E-state index in [-0.39, 0.29) is 0 Å². The maximum Gasteiger partial charge on any atom is 0.329 e. The summed E-state index contributed by atoms with van der Waals surface area (Å²) in [5.74, 6) is -0.347. The lowest BCUT2D eigenvalue weighted by Gasteiger charge is -2.10. The highest BCUT2D eigenvalue weighted by molar-refractivity contribution is 6.39. The Kier molecular flexibility index (Phi) is 6.76. The quantitative estimate of drug-likeness (QED) is 0.460. The number of carbonyl (C=O) groups excluding carboxylic acids is 2. The third-order valence-corrected chi connectivity index (χ3v) is 3.61. The second-order valence-electron chi connectivity index (χ2n) is 5.44. The first kappa shape index (κ1) is 19.8. The zero-order valence-electron chi connectivity index (χ0n) is 15.5. The number of para-hydroxylation sites is 1. The predicted octanol–water partition coefficient (Wildman–Crippen LogP) is 2.11. The van der Waals surface area contributed by atoms with Crippen LogP contribution in [-0.4, -0.2) is 39.4 Å². The molecule has 0 heterocycles. The van der Waals surface area contributed by atoms with Crippen LogP contribution in [-0.2, 0) is 9.59 Å². The van der Waals surface area contributed by atoms with Crippen LogP contribution in [0.1, 0.15) is 11.1 Å². The Labute approximate surface area is 157 Å². The number of anilines is 1. The standard InChI is InChI=1S/C19H21N3O5/c1-12-8-9-15(25-2)14(10-12)21-18(23)19(24)22-20-11-13-6-5-7-16(26-3)17(13)27-4/h5-11H,1-4H3,(H,21,23)(H,22,24)/b20-11-. The molecule has 2 N–H and O–H groups in total. The first-order valence-electron chi connectivity index (χ1n) is 8.00. The fourth-order valence-corrected chi connectivity index (χ4v) is 2.32. The largest absolute Gasteiger partial charge is 0.495 e. The minimum Gasteiger partial charge on any atom is -0.495 e. The van der Waals surface area contributed by atoms with E-state index in [1.165, 1.54) is 27.5 Å². The summed E-state index contributed by atoms with van der Waals surface area (Å²) < 4.78 is 15.6. The van der Waals surface area contributed by atoms with Crippen LogP contribution in [0.3, 0.4) is 0 Å². The predicted molar refractivity (Wildman–Crippen MR) is 102 cm³/mol. The summed E-state index contributed by atoms with van der Waals surface area (Å²) in [6.45, 7) is 1.86. The van der Waals surface area contributed by atoms with E-state index >= 15 is 0 Å². The van der Waals surface area contributed by atoms with Crippen molar-refractivity contribution in [2.24, 2.45) is 5.10 Å². The highest BCUT2D eigenvalue weighted by Gasteiger charge is 2.15. The molecule has 0 saturated heterocycles. The molecule has 0 aliphatic heterocycles. The second kappa shape index (κ2) is 9.23. The molecule has 0 atom stereocenters. The second-order valence-corrected chi connectivity index (χ2v) is 5.44. The van der Waals surface area contributed by atoms with Gasteiger partial charge in [-0.25, -0.2) is 5.43 Å². The molecule has 0 aliphatic rings. The van der Waals surface area contributed by atoms with Gasteiger partial charge in [0.25, 0.3) is 0 Å². The van der Waals surface area contributed by atoms with Crippen LogP contribution in [0.5, 0.6) is 17.2 Å². The Balaban J connectivity index is 2.05. The molecular weight excluding hydrogens is 350 g/mol. The number of amides is 2. The van der Waals surface area contributed by atoms with Crippen molar-refractivity contribution in [3.63, 3.8) is 0 Å². The van der Waals surface area contributed by atoms with E-state index in [1.807, 2.05) is 13.0 Å². The van der Waals surface area contributed by atoms with Gasteiger partial charge in [-0.1, -0.05) is 12.1 Å². The minimum atomic E-state index is -0.920. The zero-order chi connectivity index (χ0) is 19.8. The normalized spacial score (nSPS) is 10.4. The van der Waals surface area contributed by atoms with Crippen LogP contribution < -0.4 is 25.0 Å². The smallest absolute Gasteiger partial charge is 0.329 e. The Morgan fingerprint density at radius 3 is 2.37 bits per heavy atom. The lowest BCUT2D eigenvalue weighted by Crippen LogP contribution is -2.32. The third kappa shape index (κ3) is 4.97. The maximum atomic E-state index is 12.1. The van der Waals surface area contributed by atoms with Gasteiger partial charge in [-0.15, -0.1) is 0 Å². The van der Waals surface area contributed by atoms with Crippen molar-refractivity contribution < 1.29 is 23.8 Å². The average molecular weight is 371 g/mol. The van der Waals surface area contributed by atoms with E-state index in [4.69, 9.17) is 14.2 Å². The van der Waals surface area contributed by atoms with Gasteiger partial charge >= 0.3 is 11.8 Å². The van der Waals surface area contributed by atoms with Crippen LogP contribution in [0.2, 0.25) is 0 Å². The molecule has 2 rings (SSSR count). The number of hydrazone groups is 1. The van der Waals surface area contributed by atoms with Crippen molar-refractivity contribution in [2.75, 3.05) is 26.6 Å². The van der Waals surface area contributed by atoms with Crippen molar-refractivity contribution in [3.8, 4) is 17.2 Å². The van der Waals surface area contributed by atoms with Crippen LogP contribution >= 0.6 is 0 Å². The topological polar surface area (TPSA) is 98.2 Å². The number of rotatable bonds is 6.